The lowest BCUT2D eigenvalue weighted by Crippen LogP contribution is -2.30. The molecule has 0 N–H and O–H groups in total. The lowest BCUT2D eigenvalue weighted by molar-refractivity contribution is 0.445. The molecule has 0 atom stereocenters. The number of thioether (sulfide) groups is 1. The van der Waals surface area contributed by atoms with Gasteiger partial charge < -0.3 is 4.57 Å². The van der Waals surface area contributed by atoms with E-state index in [4.69, 9.17) is 0 Å². The van der Waals surface area contributed by atoms with Gasteiger partial charge in [0.25, 0.3) is 0 Å². The van der Waals surface area contributed by atoms with Crippen molar-refractivity contribution < 1.29 is 8.42 Å². The molecule has 5 nitrogen and oxygen atoms in total. The topological polar surface area (TPSA) is 55.2 Å². The summed E-state index contributed by atoms with van der Waals surface area (Å²) in [6.07, 6.45) is 4.19. The molecule has 0 bridgehead atoms. The first-order valence-electron chi connectivity index (χ1n) is 8.03. The molecule has 0 spiro atoms. The molecule has 2 rings (SSSR count). The van der Waals surface area contributed by atoms with Gasteiger partial charge in [-0.3, -0.25) is 0 Å². The zero-order valence-corrected chi connectivity index (χ0v) is 15.9. The van der Waals surface area contributed by atoms with Crippen molar-refractivity contribution in [1.82, 2.24) is 13.9 Å². The van der Waals surface area contributed by atoms with Gasteiger partial charge in [0, 0.05) is 19.6 Å². The van der Waals surface area contributed by atoms with Crippen LogP contribution in [0.15, 0.2) is 28.3 Å². The van der Waals surface area contributed by atoms with Crippen molar-refractivity contribution in [2.45, 2.75) is 50.2 Å². The average molecular weight is 356 g/mol. The molecule has 0 fully saturated rings. The van der Waals surface area contributed by atoms with E-state index >= 15 is 0 Å². The molecule has 7 heteroatoms. The Morgan fingerprint density at radius 3 is 2.48 bits per heavy atom. The molecular weight excluding hydrogens is 330 g/mol. The summed E-state index contributed by atoms with van der Waals surface area (Å²) in [7, 11) is -3.44. The quantitative estimate of drug-likeness (QED) is 0.679. The second-order valence-corrected chi connectivity index (χ2v) is 8.05. The zero-order chi connectivity index (χ0) is 17.0. The lowest BCUT2D eigenvalue weighted by Gasteiger charge is -2.18. The van der Waals surface area contributed by atoms with Crippen LogP contribution in [0.4, 0.5) is 0 Å². The average Bonchev–Trinajstić information content (AvgIpc) is 2.90. The first kappa shape index (κ1) is 18.3. The summed E-state index contributed by atoms with van der Waals surface area (Å²) in [5, 5.41) is 0.936. The van der Waals surface area contributed by atoms with Gasteiger partial charge in [-0.05, 0) is 30.9 Å². The van der Waals surface area contributed by atoms with Gasteiger partial charge in [0.1, 0.15) is 0 Å². The number of hydrogen-bond acceptors (Lipinski definition) is 4. The minimum Gasteiger partial charge on any atom is -0.319 e. The maximum absolute atomic E-state index is 12.7. The number of rotatable bonds is 8. The second-order valence-electron chi connectivity index (χ2n) is 5.34. The van der Waals surface area contributed by atoms with Crippen LogP contribution in [0.3, 0.4) is 0 Å². The summed E-state index contributed by atoms with van der Waals surface area (Å²) in [5.74, 6) is 0. The number of aromatic nitrogens is 2. The van der Waals surface area contributed by atoms with E-state index in [0.29, 0.717) is 18.0 Å². The summed E-state index contributed by atoms with van der Waals surface area (Å²) < 4.78 is 29.0. The number of hydrogen-bond donors (Lipinski definition) is 0. The zero-order valence-electron chi connectivity index (χ0n) is 14.2. The Kier molecular flexibility index (Phi) is 6.11. The second kappa shape index (κ2) is 7.68. The van der Waals surface area contributed by atoms with Crippen LogP contribution in [0.25, 0.3) is 11.0 Å². The molecule has 0 amide bonds. The lowest BCUT2D eigenvalue weighted by atomic mass is 10.3. The summed E-state index contributed by atoms with van der Waals surface area (Å²) in [6, 6.07) is 5.28. The Bertz CT molecular complexity index is 765. The number of imidazole rings is 1. The van der Waals surface area contributed by atoms with Gasteiger partial charge in [0.05, 0.1) is 15.9 Å². The fraction of sp³-hybridized carbons (Fsp3) is 0.562. The van der Waals surface area contributed by atoms with E-state index < -0.39 is 10.0 Å². The maximum Gasteiger partial charge on any atom is 0.243 e. The van der Waals surface area contributed by atoms with Crippen LogP contribution in [-0.2, 0) is 16.6 Å². The van der Waals surface area contributed by atoms with Gasteiger partial charge in [-0.1, -0.05) is 39.0 Å². The Morgan fingerprint density at radius 2 is 1.91 bits per heavy atom. The van der Waals surface area contributed by atoms with Crippen molar-refractivity contribution in [3.8, 4) is 0 Å². The third-order valence-electron chi connectivity index (χ3n) is 3.95. The molecule has 1 heterocycles. The van der Waals surface area contributed by atoms with Gasteiger partial charge in [0.15, 0.2) is 5.16 Å². The number of aryl methyl sites for hydroxylation is 1. The molecule has 0 radical (unpaired) electrons. The number of benzene rings is 1. The molecule has 128 valence electrons. The molecule has 0 saturated heterocycles. The monoisotopic (exact) mass is 355 g/mol. The van der Waals surface area contributed by atoms with Crippen LogP contribution >= 0.6 is 11.8 Å². The van der Waals surface area contributed by atoms with Crippen LogP contribution in [0.5, 0.6) is 0 Å². The van der Waals surface area contributed by atoms with Crippen molar-refractivity contribution in [3.63, 3.8) is 0 Å². The normalized spacial score (nSPS) is 12.4. The first-order valence-corrected chi connectivity index (χ1v) is 10.7. The van der Waals surface area contributed by atoms with Crippen molar-refractivity contribution >= 4 is 32.8 Å². The highest BCUT2D eigenvalue weighted by Crippen LogP contribution is 2.26. The number of nitrogens with zero attached hydrogens (tertiary/aromatic N) is 3. The van der Waals surface area contributed by atoms with Gasteiger partial charge in [-0.15, -0.1) is 0 Å². The van der Waals surface area contributed by atoms with E-state index in [2.05, 4.69) is 16.5 Å². The highest BCUT2D eigenvalue weighted by Gasteiger charge is 2.22. The summed E-state index contributed by atoms with van der Waals surface area (Å²) in [4.78, 5) is 4.93. The summed E-state index contributed by atoms with van der Waals surface area (Å²) in [5.41, 5.74) is 1.75. The summed E-state index contributed by atoms with van der Waals surface area (Å²) in [6.45, 7) is 7.71. The third-order valence-corrected chi connectivity index (χ3v) is 6.67. The van der Waals surface area contributed by atoms with E-state index in [1.807, 2.05) is 26.2 Å². The Balaban J connectivity index is 2.51. The van der Waals surface area contributed by atoms with E-state index in [1.54, 1.807) is 23.9 Å². The van der Waals surface area contributed by atoms with Crippen LogP contribution in [-0.4, -0.2) is 41.6 Å². The molecular formula is C16H25N3O2S2. The maximum atomic E-state index is 12.7. The van der Waals surface area contributed by atoms with Gasteiger partial charge in [-0.25, -0.2) is 13.4 Å². The smallest absolute Gasteiger partial charge is 0.243 e. The number of fused-ring (bicyclic) bond motifs is 1. The molecule has 0 aliphatic carbocycles. The van der Waals surface area contributed by atoms with Crippen molar-refractivity contribution in [3.05, 3.63) is 18.2 Å². The van der Waals surface area contributed by atoms with Gasteiger partial charge in [0.2, 0.25) is 10.0 Å². The molecule has 1 aromatic carbocycles. The molecule has 2 aromatic rings. The highest BCUT2D eigenvalue weighted by atomic mass is 32.2. The minimum absolute atomic E-state index is 0.321. The van der Waals surface area contributed by atoms with Gasteiger partial charge >= 0.3 is 0 Å². The predicted molar refractivity (Wildman–Crippen MR) is 96.5 cm³/mol. The third kappa shape index (κ3) is 3.56. The van der Waals surface area contributed by atoms with Crippen molar-refractivity contribution in [2.24, 2.45) is 0 Å². The van der Waals surface area contributed by atoms with Crippen LogP contribution in [0.2, 0.25) is 0 Å². The highest BCUT2D eigenvalue weighted by molar-refractivity contribution is 7.98. The summed E-state index contributed by atoms with van der Waals surface area (Å²) >= 11 is 1.59. The minimum atomic E-state index is -3.44. The van der Waals surface area contributed by atoms with Crippen LogP contribution < -0.4 is 0 Å². The molecule has 0 saturated carbocycles. The molecule has 1 aromatic heterocycles. The van der Waals surface area contributed by atoms with Crippen LogP contribution in [0, 0.1) is 0 Å². The fourth-order valence-corrected chi connectivity index (χ4v) is 4.73. The van der Waals surface area contributed by atoms with Crippen molar-refractivity contribution in [2.75, 3.05) is 19.3 Å². The first-order chi connectivity index (χ1) is 11.0. The predicted octanol–water partition coefficient (Wildman–Crippen LogP) is 3.59. The number of sulfonamides is 1. The molecule has 0 aliphatic rings. The Labute approximate surface area is 143 Å². The fourth-order valence-electron chi connectivity index (χ4n) is 2.65. The van der Waals surface area contributed by atoms with Crippen LogP contribution in [0.1, 0.15) is 33.6 Å². The van der Waals surface area contributed by atoms with Gasteiger partial charge in [-0.2, -0.15) is 4.31 Å². The molecule has 0 aliphatic heterocycles. The number of unbranched alkanes of at least 4 members (excludes halogenated alkanes) is 1. The van der Waals surface area contributed by atoms with Crippen molar-refractivity contribution in [1.29, 1.82) is 0 Å². The Hall–Kier alpha value is -1.05. The van der Waals surface area contributed by atoms with E-state index in [1.165, 1.54) is 4.31 Å². The standard InChI is InChI=1S/C16H25N3O2S2/c1-5-8-11-19-15-10-9-13(12-14(15)17-16(19)22-4)23(20,21)18(6-2)7-3/h9-10,12H,5-8,11H2,1-4H3. The Morgan fingerprint density at radius 1 is 1.22 bits per heavy atom. The van der Waals surface area contributed by atoms with E-state index in [-0.39, 0.29) is 0 Å². The largest absolute Gasteiger partial charge is 0.319 e. The van der Waals surface area contributed by atoms with E-state index in [9.17, 15) is 8.42 Å². The SMILES string of the molecule is CCCCn1c(SC)nc2cc(S(=O)(=O)N(CC)CC)ccc21. The molecule has 23 heavy (non-hydrogen) atoms. The molecule has 0 unspecified atom stereocenters. The van der Waals surface area contributed by atoms with E-state index in [0.717, 1.165) is 35.6 Å².